The standard InChI is InChI=1S/C13H16ClNO4/c1-9(13(17)15(2)8-12(16)18-3)19-11-7-5-4-6-10(11)14/h4-7,9H,8H2,1-3H3. The zero-order valence-electron chi connectivity index (χ0n) is 11.1. The highest BCUT2D eigenvalue weighted by molar-refractivity contribution is 6.32. The largest absolute Gasteiger partial charge is 0.479 e. The molecule has 0 aliphatic carbocycles. The molecule has 1 aromatic carbocycles. The average Bonchev–Trinajstić information content (AvgIpc) is 2.40. The van der Waals surface area contributed by atoms with Gasteiger partial charge in [0.1, 0.15) is 12.3 Å². The number of rotatable bonds is 5. The lowest BCUT2D eigenvalue weighted by molar-refractivity contribution is -0.148. The van der Waals surface area contributed by atoms with Crippen LogP contribution in [0.15, 0.2) is 24.3 Å². The van der Waals surface area contributed by atoms with E-state index >= 15 is 0 Å². The molecule has 1 unspecified atom stereocenters. The number of esters is 1. The van der Waals surface area contributed by atoms with Crippen LogP contribution in [0.3, 0.4) is 0 Å². The third-order valence-electron chi connectivity index (χ3n) is 2.46. The van der Waals surface area contributed by atoms with Gasteiger partial charge in [0.05, 0.1) is 12.1 Å². The predicted molar refractivity (Wildman–Crippen MR) is 71.2 cm³/mol. The van der Waals surface area contributed by atoms with Crippen molar-refractivity contribution in [2.75, 3.05) is 20.7 Å². The Balaban J connectivity index is 2.62. The molecule has 104 valence electrons. The van der Waals surface area contributed by atoms with Gasteiger partial charge in [-0.15, -0.1) is 0 Å². The number of halogens is 1. The summed E-state index contributed by atoms with van der Waals surface area (Å²) in [6, 6.07) is 6.88. The Labute approximate surface area is 117 Å². The van der Waals surface area contributed by atoms with Gasteiger partial charge in [0.2, 0.25) is 0 Å². The highest BCUT2D eigenvalue weighted by Crippen LogP contribution is 2.24. The third kappa shape index (κ3) is 4.44. The first-order valence-electron chi connectivity index (χ1n) is 5.68. The number of carbonyl (C=O) groups excluding carboxylic acids is 2. The summed E-state index contributed by atoms with van der Waals surface area (Å²) >= 11 is 5.94. The number of amides is 1. The van der Waals surface area contributed by atoms with E-state index < -0.39 is 12.1 Å². The number of carbonyl (C=O) groups is 2. The maximum atomic E-state index is 12.0. The lowest BCUT2D eigenvalue weighted by Crippen LogP contribution is -2.40. The Morgan fingerprint density at radius 1 is 1.37 bits per heavy atom. The zero-order valence-corrected chi connectivity index (χ0v) is 11.8. The zero-order chi connectivity index (χ0) is 14.4. The van der Waals surface area contributed by atoms with E-state index in [0.717, 1.165) is 0 Å². The van der Waals surface area contributed by atoms with E-state index in [1.54, 1.807) is 31.2 Å². The number of nitrogens with zero attached hydrogens (tertiary/aromatic N) is 1. The Morgan fingerprint density at radius 3 is 2.58 bits per heavy atom. The van der Waals surface area contributed by atoms with Crippen LogP contribution < -0.4 is 4.74 Å². The fourth-order valence-electron chi connectivity index (χ4n) is 1.43. The second kappa shape index (κ2) is 6.99. The Morgan fingerprint density at radius 2 is 2.00 bits per heavy atom. The van der Waals surface area contributed by atoms with Gasteiger partial charge in [-0.05, 0) is 19.1 Å². The van der Waals surface area contributed by atoms with Crippen molar-refractivity contribution in [3.63, 3.8) is 0 Å². The van der Waals surface area contributed by atoms with Crippen LogP contribution in [0.2, 0.25) is 5.02 Å². The summed E-state index contributed by atoms with van der Waals surface area (Å²) in [7, 11) is 2.77. The first kappa shape index (κ1) is 15.3. The minimum Gasteiger partial charge on any atom is -0.479 e. The van der Waals surface area contributed by atoms with Gasteiger partial charge < -0.3 is 14.4 Å². The van der Waals surface area contributed by atoms with Crippen LogP contribution in [0.5, 0.6) is 5.75 Å². The molecule has 0 aliphatic heterocycles. The maximum Gasteiger partial charge on any atom is 0.325 e. The Kier molecular flexibility index (Phi) is 5.63. The molecule has 0 heterocycles. The molecule has 1 atom stereocenters. The second-order valence-electron chi connectivity index (χ2n) is 3.96. The van der Waals surface area contributed by atoms with Crippen molar-refractivity contribution >= 4 is 23.5 Å². The van der Waals surface area contributed by atoms with Crippen LogP contribution in [0.25, 0.3) is 0 Å². The van der Waals surface area contributed by atoms with E-state index in [1.165, 1.54) is 19.1 Å². The van der Waals surface area contributed by atoms with E-state index in [4.69, 9.17) is 16.3 Å². The van der Waals surface area contributed by atoms with Crippen molar-refractivity contribution in [2.24, 2.45) is 0 Å². The van der Waals surface area contributed by atoms with Gasteiger partial charge in [-0.3, -0.25) is 9.59 Å². The van der Waals surface area contributed by atoms with Crippen molar-refractivity contribution in [1.82, 2.24) is 4.90 Å². The molecule has 5 nitrogen and oxygen atoms in total. The average molecular weight is 286 g/mol. The molecular formula is C13H16ClNO4. The van der Waals surface area contributed by atoms with Crippen LogP contribution in [0.4, 0.5) is 0 Å². The highest BCUT2D eigenvalue weighted by Gasteiger charge is 2.21. The second-order valence-corrected chi connectivity index (χ2v) is 4.37. The fraction of sp³-hybridized carbons (Fsp3) is 0.385. The van der Waals surface area contributed by atoms with E-state index in [0.29, 0.717) is 10.8 Å². The SMILES string of the molecule is COC(=O)CN(C)C(=O)C(C)Oc1ccccc1Cl. The van der Waals surface area contributed by atoms with Gasteiger partial charge in [0.25, 0.3) is 5.91 Å². The fourth-order valence-corrected chi connectivity index (χ4v) is 1.61. The number of hydrogen-bond donors (Lipinski definition) is 0. The summed E-state index contributed by atoms with van der Waals surface area (Å²) in [5.41, 5.74) is 0. The molecule has 0 fully saturated rings. The summed E-state index contributed by atoms with van der Waals surface area (Å²) in [6.07, 6.45) is -0.741. The maximum absolute atomic E-state index is 12.0. The molecule has 0 aromatic heterocycles. The number of methoxy groups -OCH3 is 1. The van der Waals surface area contributed by atoms with Gasteiger partial charge in [0.15, 0.2) is 6.10 Å². The van der Waals surface area contributed by atoms with Gasteiger partial charge in [-0.2, -0.15) is 0 Å². The molecule has 1 rings (SSSR count). The molecular weight excluding hydrogens is 270 g/mol. The molecule has 0 radical (unpaired) electrons. The van der Waals surface area contributed by atoms with Crippen LogP contribution in [0, 0.1) is 0 Å². The molecule has 6 heteroatoms. The highest BCUT2D eigenvalue weighted by atomic mass is 35.5. The van der Waals surface area contributed by atoms with E-state index in [9.17, 15) is 9.59 Å². The van der Waals surface area contributed by atoms with E-state index in [-0.39, 0.29) is 12.5 Å². The third-order valence-corrected chi connectivity index (χ3v) is 2.77. The van der Waals surface area contributed by atoms with Crippen molar-refractivity contribution < 1.29 is 19.1 Å². The predicted octanol–water partition coefficient (Wildman–Crippen LogP) is 1.74. The molecule has 0 aliphatic rings. The molecule has 1 amide bonds. The number of likely N-dealkylation sites (N-methyl/N-ethyl adjacent to an activating group) is 1. The summed E-state index contributed by atoms with van der Waals surface area (Å²) in [5, 5.41) is 0.428. The van der Waals surface area contributed by atoms with Crippen molar-refractivity contribution in [3.8, 4) is 5.75 Å². The number of benzene rings is 1. The number of ether oxygens (including phenoxy) is 2. The monoisotopic (exact) mass is 285 g/mol. The van der Waals surface area contributed by atoms with Crippen molar-refractivity contribution in [3.05, 3.63) is 29.3 Å². The first-order chi connectivity index (χ1) is 8.95. The summed E-state index contributed by atoms with van der Waals surface area (Å²) in [5.74, 6) is -0.386. The summed E-state index contributed by atoms with van der Waals surface area (Å²) in [4.78, 5) is 24.3. The molecule has 0 spiro atoms. The molecule has 0 N–H and O–H groups in total. The molecule has 1 aromatic rings. The van der Waals surface area contributed by atoms with Gasteiger partial charge in [-0.1, -0.05) is 23.7 Å². The number of para-hydroxylation sites is 1. The summed E-state index contributed by atoms with van der Waals surface area (Å²) < 4.78 is 9.96. The van der Waals surface area contributed by atoms with Crippen molar-refractivity contribution in [2.45, 2.75) is 13.0 Å². The molecule has 0 saturated heterocycles. The Bertz CT molecular complexity index is 464. The smallest absolute Gasteiger partial charge is 0.325 e. The van der Waals surface area contributed by atoms with Crippen LogP contribution in [-0.2, 0) is 14.3 Å². The van der Waals surface area contributed by atoms with Crippen molar-refractivity contribution in [1.29, 1.82) is 0 Å². The van der Waals surface area contributed by atoms with Crippen LogP contribution >= 0.6 is 11.6 Å². The van der Waals surface area contributed by atoms with Gasteiger partial charge in [0, 0.05) is 7.05 Å². The minimum atomic E-state index is -0.741. The normalized spacial score (nSPS) is 11.6. The lowest BCUT2D eigenvalue weighted by atomic mass is 10.3. The topological polar surface area (TPSA) is 55.8 Å². The summed E-state index contributed by atoms with van der Waals surface area (Å²) in [6.45, 7) is 1.48. The lowest BCUT2D eigenvalue weighted by Gasteiger charge is -2.21. The number of hydrogen-bond acceptors (Lipinski definition) is 4. The van der Waals surface area contributed by atoms with Gasteiger partial charge >= 0.3 is 5.97 Å². The van der Waals surface area contributed by atoms with Gasteiger partial charge in [-0.25, -0.2) is 0 Å². The molecule has 0 bridgehead atoms. The van der Waals surface area contributed by atoms with E-state index in [2.05, 4.69) is 4.74 Å². The quantitative estimate of drug-likeness (QED) is 0.773. The van der Waals surface area contributed by atoms with Crippen LogP contribution in [-0.4, -0.2) is 43.6 Å². The van der Waals surface area contributed by atoms with E-state index in [1.807, 2.05) is 0 Å². The van der Waals surface area contributed by atoms with Crippen LogP contribution in [0.1, 0.15) is 6.92 Å². The molecule has 19 heavy (non-hydrogen) atoms. The Hall–Kier alpha value is -1.75. The minimum absolute atomic E-state index is 0.119. The molecule has 0 saturated carbocycles. The first-order valence-corrected chi connectivity index (χ1v) is 6.06.